The molecule has 0 aromatic heterocycles. The summed E-state index contributed by atoms with van der Waals surface area (Å²) < 4.78 is 11.0. The van der Waals surface area contributed by atoms with E-state index in [0.717, 1.165) is 16.7 Å². The van der Waals surface area contributed by atoms with Gasteiger partial charge in [0.1, 0.15) is 18.1 Å². The standard InChI is InChI=1S/C30H23ClN2O4/c31-26-13-17-27(18-14-26)36-21-24-6-11-25(12-7-24)30(35)33-32-20-23-8-15-28(16-9-23)37-29(34)19-10-22-4-2-1-3-5-22/h1-20H,21H2,(H,33,35)/b19-10+,32-20+. The first-order valence-corrected chi connectivity index (χ1v) is 11.8. The summed E-state index contributed by atoms with van der Waals surface area (Å²) in [7, 11) is 0. The lowest BCUT2D eigenvalue weighted by Gasteiger charge is -2.07. The smallest absolute Gasteiger partial charge is 0.336 e. The molecule has 0 aliphatic heterocycles. The molecule has 0 spiro atoms. The van der Waals surface area contributed by atoms with E-state index in [-0.39, 0.29) is 5.91 Å². The van der Waals surface area contributed by atoms with Crippen molar-refractivity contribution in [3.05, 3.63) is 136 Å². The van der Waals surface area contributed by atoms with Crippen LogP contribution >= 0.6 is 11.6 Å². The summed E-state index contributed by atoms with van der Waals surface area (Å²) in [5.41, 5.74) is 5.54. The Morgan fingerprint density at radius 3 is 2.16 bits per heavy atom. The molecule has 0 heterocycles. The zero-order valence-electron chi connectivity index (χ0n) is 19.7. The fraction of sp³-hybridized carbons (Fsp3) is 0.0333. The van der Waals surface area contributed by atoms with E-state index in [1.54, 1.807) is 66.7 Å². The van der Waals surface area contributed by atoms with Crippen LogP contribution in [-0.2, 0) is 11.4 Å². The summed E-state index contributed by atoms with van der Waals surface area (Å²) in [5.74, 6) is 0.313. The number of carbonyl (C=O) groups is 2. The summed E-state index contributed by atoms with van der Waals surface area (Å²) in [6.07, 6.45) is 4.57. The molecular formula is C30H23ClN2O4. The maximum Gasteiger partial charge on any atom is 0.336 e. The van der Waals surface area contributed by atoms with Gasteiger partial charge in [0.15, 0.2) is 0 Å². The van der Waals surface area contributed by atoms with Crippen molar-refractivity contribution in [3.8, 4) is 11.5 Å². The van der Waals surface area contributed by atoms with E-state index in [1.807, 2.05) is 42.5 Å². The number of benzene rings is 4. The number of rotatable bonds is 9. The first-order chi connectivity index (χ1) is 18.0. The number of ether oxygens (including phenoxy) is 2. The third-order valence-electron chi connectivity index (χ3n) is 5.12. The van der Waals surface area contributed by atoms with E-state index in [1.165, 1.54) is 12.3 Å². The first kappa shape index (κ1) is 25.4. The van der Waals surface area contributed by atoms with Crippen LogP contribution < -0.4 is 14.9 Å². The van der Waals surface area contributed by atoms with Crippen molar-refractivity contribution < 1.29 is 19.1 Å². The van der Waals surface area contributed by atoms with Gasteiger partial charge < -0.3 is 9.47 Å². The van der Waals surface area contributed by atoms with Gasteiger partial charge in [0.25, 0.3) is 5.91 Å². The average Bonchev–Trinajstić information content (AvgIpc) is 2.93. The largest absolute Gasteiger partial charge is 0.489 e. The van der Waals surface area contributed by atoms with E-state index in [9.17, 15) is 9.59 Å². The Bertz CT molecular complexity index is 1380. The molecule has 0 bridgehead atoms. The highest BCUT2D eigenvalue weighted by atomic mass is 35.5. The molecule has 4 rings (SSSR count). The van der Waals surface area contributed by atoms with Gasteiger partial charge in [0.2, 0.25) is 0 Å². The molecule has 4 aromatic carbocycles. The Morgan fingerprint density at radius 2 is 1.46 bits per heavy atom. The van der Waals surface area contributed by atoms with E-state index in [0.29, 0.717) is 28.7 Å². The van der Waals surface area contributed by atoms with Crippen molar-refractivity contribution >= 4 is 35.8 Å². The molecule has 0 unspecified atom stereocenters. The van der Waals surface area contributed by atoms with Crippen LogP contribution in [0.4, 0.5) is 0 Å². The number of amides is 1. The van der Waals surface area contributed by atoms with E-state index in [2.05, 4.69) is 10.5 Å². The topological polar surface area (TPSA) is 77.0 Å². The normalized spacial score (nSPS) is 10.9. The zero-order valence-corrected chi connectivity index (χ0v) is 20.5. The molecular weight excluding hydrogens is 488 g/mol. The second-order valence-electron chi connectivity index (χ2n) is 7.87. The number of hydrogen-bond donors (Lipinski definition) is 1. The highest BCUT2D eigenvalue weighted by Crippen LogP contribution is 2.17. The number of halogens is 1. The Labute approximate surface area is 219 Å². The highest BCUT2D eigenvalue weighted by molar-refractivity contribution is 6.30. The minimum absolute atomic E-state index is 0.336. The van der Waals surface area contributed by atoms with Gasteiger partial charge in [0, 0.05) is 16.7 Å². The van der Waals surface area contributed by atoms with E-state index >= 15 is 0 Å². The van der Waals surface area contributed by atoms with Gasteiger partial charge in [-0.3, -0.25) is 4.79 Å². The molecule has 184 valence electrons. The Kier molecular flexibility index (Phi) is 8.83. The van der Waals surface area contributed by atoms with Crippen molar-refractivity contribution in [2.24, 2.45) is 5.10 Å². The molecule has 1 amide bonds. The van der Waals surface area contributed by atoms with Crippen LogP contribution in [0.1, 0.15) is 27.0 Å². The average molecular weight is 511 g/mol. The quantitative estimate of drug-likeness (QED) is 0.0942. The maximum atomic E-state index is 12.4. The molecule has 0 aliphatic carbocycles. The summed E-state index contributed by atoms with van der Waals surface area (Å²) in [6.45, 7) is 0.371. The van der Waals surface area contributed by atoms with Crippen LogP contribution in [0.5, 0.6) is 11.5 Å². The van der Waals surface area contributed by atoms with Gasteiger partial charge in [-0.15, -0.1) is 0 Å². The molecule has 0 saturated carbocycles. The fourth-order valence-corrected chi connectivity index (χ4v) is 3.31. The van der Waals surface area contributed by atoms with Gasteiger partial charge in [-0.2, -0.15) is 5.10 Å². The minimum atomic E-state index is -0.472. The summed E-state index contributed by atoms with van der Waals surface area (Å²) in [6, 6.07) is 30.4. The van der Waals surface area contributed by atoms with Gasteiger partial charge in [-0.1, -0.05) is 54.1 Å². The monoisotopic (exact) mass is 510 g/mol. The molecule has 1 N–H and O–H groups in total. The Morgan fingerprint density at radius 1 is 0.784 bits per heavy atom. The molecule has 4 aromatic rings. The highest BCUT2D eigenvalue weighted by Gasteiger charge is 2.05. The number of esters is 1. The Balaban J connectivity index is 1.23. The number of hydrogen-bond acceptors (Lipinski definition) is 5. The van der Waals surface area contributed by atoms with Crippen molar-refractivity contribution in [1.29, 1.82) is 0 Å². The Hall–Kier alpha value is -4.68. The maximum absolute atomic E-state index is 12.4. The van der Waals surface area contributed by atoms with Gasteiger partial charge >= 0.3 is 5.97 Å². The van der Waals surface area contributed by atoms with Gasteiger partial charge in [0.05, 0.1) is 6.21 Å². The molecule has 0 fully saturated rings. The van der Waals surface area contributed by atoms with E-state index < -0.39 is 5.97 Å². The predicted octanol–water partition coefficient (Wildman–Crippen LogP) is 6.30. The van der Waals surface area contributed by atoms with Crippen molar-refractivity contribution in [2.45, 2.75) is 6.61 Å². The van der Waals surface area contributed by atoms with Gasteiger partial charge in [-0.05, 0) is 83.4 Å². The lowest BCUT2D eigenvalue weighted by molar-refractivity contribution is -0.128. The summed E-state index contributed by atoms with van der Waals surface area (Å²) in [5, 5.41) is 4.65. The van der Waals surface area contributed by atoms with Crippen LogP contribution in [-0.4, -0.2) is 18.1 Å². The zero-order chi connectivity index (χ0) is 25.9. The summed E-state index contributed by atoms with van der Waals surface area (Å²) in [4.78, 5) is 24.4. The fourth-order valence-electron chi connectivity index (χ4n) is 3.18. The number of nitrogens with one attached hydrogen (secondary N) is 1. The molecule has 7 heteroatoms. The third-order valence-corrected chi connectivity index (χ3v) is 5.38. The predicted molar refractivity (Wildman–Crippen MR) is 145 cm³/mol. The molecule has 6 nitrogen and oxygen atoms in total. The van der Waals surface area contributed by atoms with Crippen molar-refractivity contribution in [2.75, 3.05) is 0 Å². The van der Waals surface area contributed by atoms with E-state index in [4.69, 9.17) is 21.1 Å². The lowest BCUT2D eigenvalue weighted by atomic mass is 10.1. The number of carbonyl (C=O) groups excluding carboxylic acids is 2. The minimum Gasteiger partial charge on any atom is -0.489 e. The van der Waals surface area contributed by atoms with Crippen molar-refractivity contribution in [3.63, 3.8) is 0 Å². The lowest BCUT2D eigenvalue weighted by Crippen LogP contribution is -2.17. The molecule has 0 atom stereocenters. The third kappa shape index (κ3) is 8.19. The molecule has 37 heavy (non-hydrogen) atoms. The summed E-state index contributed by atoms with van der Waals surface area (Å²) >= 11 is 5.87. The second kappa shape index (κ2) is 12.9. The van der Waals surface area contributed by atoms with Crippen LogP contribution in [0, 0.1) is 0 Å². The first-order valence-electron chi connectivity index (χ1n) is 11.4. The van der Waals surface area contributed by atoms with Crippen LogP contribution in [0.15, 0.2) is 114 Å². The second-order valence-corrected chi connectivity index (χ2v) is 8.31. The van der Waals surface area contributed by atoms with Crippen molar-refractivity contribution in [1.82, 2.24) is 5.43 Å². The van der Waals surface area contributed by atoms with Crippen LogP contribution in [0.3, 0.4) is 0 Å². The number of hydrazone groups is 1. The molecule has 0 aliphatic rings. The van der Waals surface area contributed by atoms with Crippen LogP contribution in [0.25, 0.3) is 6.08 Å². The van der Waals surface area contributed by atoms with Crippen LogP contribution in [0.2, 0.25) is 5.02 Å². The SMILES string of the molecule is O=C(/C=C/c1ccccc1)Oc1ccc(/C=N/NC(=O)c2ccc(COc3ccc(Cl)cc3)cc2)cc1. The number of nitrogens with zero attached hydrogens (tertiary/aromatic N) is 1. The molecule has 0 radical (unpaired) electrons. The van der Waals surface area contributed by atoms with Gasteiger partial charge in [-0.25, -0.2) is 10.2 Å². The molecule has 0 saturated heterocycles.